The number of anilines is 4. The number of nitrogens with zero attached hydrogens (tertiary/aromatic N) is 13. The molecule has 4 atom stereocenters. The topological polar surface area (TPSA) is 300 Å². The first kappa shape index (κ1) is 64.8. The third-order valence-corrected chi connectivity index (χ3v) is 16.5. The van der Waals surface area contributed by atoms with Crippen LogP contribution in [0.15, 0.2) is 94.5 Å². The van der Waals surface area contributed by atoms with Crippen LogP contribution in [0.5, 0.6) is 0 Å². The molecule has 478 valence electrons. The monoisotopic (exact) mass is 1260 g/mol. The standard InChI is InChI=1S/C30H36N8O3.C26H30N8O2.C5H7F3O4S/c1-30(2,3)28-36-35-27(41-28)26(39)14-19-8-11-38(23-9-12-40-18-23)16-21-13-20(5-6-24(19)21)25-7-10-31-29(34-25)33-22-15-32-37(4)17-22;1-26(2,3)24-33-32-23(36-24)22(35)12-16-7-9-27-13-18-11-17(5-6-20(16)18)21-8-10-28-25(31-21)30-19-14-29-34(4)15-19;6-5(7,8)13(9,10)12-4-1-2-11-3-4/h5-7,10,13,15,17,19,23H,8-9,11-12,14,16,18H2,1-4H3,(H,31,33,34);5-6,8,10-11,14-16,27H,7,9,12-13H2,1-4H3,(H,28,30,31);4H,1-3H2/t19-,23+;16-;4-/m000/s1. The summed E-state index contributed by atoms with van der Waals surface area (Å²) in [4.78, 5) is 47.0. The molecule has 3 N–H and O–H groups in total. The number of hydrogen-bond donors (Lipinski definition) is 3. The maximum Gasteiger partial charge on any atom is 0.523 e. The summed E-state index contributed by atoms with van der Waals surface area (Å²) in [6.45, 7) is 16.8. The molecular formula is C61H73F3N16O9S. The summed E-state index contributed by atoms with van der Waals surface area (Å²) in [5.41, 5.74) is 4.02. The Morgan fingerprint density at radius 1 is 0.678 bits per heavy atom. The molecule has 0 spiro atoms. The summed E-state index contributed by atoms with van der Waals surface area (Å²) in [5, 5.41) is 34.5. The Morgan fingerprint density at radius 2 is 1.20 bits per heavy atom. The molecule has 2 saturated heterocycles. The third-order valence-electron chi connectivity index (χ3n) is 15.4. The van der Waals surface area contributed by atoms with Gasteiger partial charge in [0.2, 0.25) is 35.2 Å². The maximum atomic E-state index is 13.3. The molecule has 2 fully saturated rings. The van der Waals surface area contributed by atoms with Gasteiger partial charge < -0.3 is 34.3 Å². The van der Waals surface area contributed by atoms with Crippen molar-refractivity contribution in [2.75, 3.05) is 50.2 Å². The lowest BCUT2D eigenvalue weighted by molar-refractivity contribution is -0.0574. The van der Waals surface area contributed by atoms with Gasteiger partial charge in [-0.15, -0.1) is 20.4 Å². The number of ether oxygens (including phenoxy) is 2. The maximum absolute atomic E-state index is 13.3. The molecule has 25 nitrogen and oxygen atoms in total. The summed E-state index contributed by atoms with van der Waals surface area (Å²) in [5.74, 6) is 2.00. The van der Waals surface area contributed by atoms with Gasteiger partial charge in [0.15, 0.2) is 0 Å². The number of halogens is 3. The number of aromatic nitrogens is 12. The fourth-order valence-corrected chi connectivity index (χ4v) is 11.3. The summed E-state index contributed by atoms with van der Waals surface area (Å²) in [6.07, 6.45) is 13.2. The van der Waals surface area contributed by atoms with Crippen molar-refractivity contribution < 1.29 is 53.7 Å². The first-order chi connectivity index (χ1) is 42.8. The molecule has 4 aliphatic heterocycles. The van der Waals surface area contributed by atoms with E-state index in [2.05, 4.69) is 112 Å². The number of benzene rings is 2. The summed E-state index contributed by atoms with van der Waals surface area (Å²) < 4.78 is 85.2. The Bertz CT molecular complexity index is 3900. The van der Waals surface area contributed by atoms with Gasteiger partial charge in [-0.05, 0) is 90.7 Å². The normalized spacial score (nSPS) is 18.9. The minimum Gasteiger partial charge on any atom is -0.418 e. The molecule has 0 unspecified atom stereocenters. The number of carbonyl (C=O) groups excluding carboxylic acids is 2. The fourth-order valence-electron chi connectivity index (χ4n) is 10.7. The van der Waals surface area contributed by atoms with E-state index in [4.69, 9.17) is 18.6 Å². The van der Waals surface area contributed by atoms with Gasteiger partial charge in [-0.3, -0.25) is 28.0 Å². The van der Waals surface area contributed by atoms with E-state index >= 15 is 0 Å². The lowest BCUT2D eigenvalue weighted by atomic mass is 9.87. The van der Waals surface area contributed by atoms with Crippen molar-refractivity contribution in [3.8, 4) is 22.5 Å². The highest BCUT2D eigenvalue weighted by Gasteiger charge is 2.49. The van der Waals surface area contributed by atoms with E-state index in [-0.39, 0.29) is 65.6 Å². The molecular weight excluding hydrogens is 1190 g/mol. The number of Topliss-reactive ketones (excluding diaryl/α,β-unsaturated/α-hetero) is 2. The molecule has 0 aliphatic carbocycles. The van der Waals surface area contributed by atoms with Crippen molar-refractivity contribution in [1.82, 2.24) is 70.1 Å². The van der Waals surface area contributed by atoms with Crippen LogP contribution in [0.4, 0.5) is 36.4 Å². The number of fused-ring (bicyclic) bond motifs is 2. The zero-order valence-corrected chi connectivity index (χ0v) is 52.1. The van der Waals surface area contributed by atoms with Crippen LogP contribution in [0.25, 0.3) is 22.5 Å². The zero-order valence-electron chi connectivity index (χ0n) is 51.3. The van der Waals surface area contributed by atoms with Crippen LogP contribution >= 0.6 is 0 Å². The van der Waals surface area contributed by atoms with Crippen molar-refractivity contribution in [1.29, 1.82) is 0 Å². The van der Waals surface area contributed by atoms with Crippen LogP contribution in [-0.2, 0) is 61.8 Å². The highest BCUT2D eigenvalue weighted by Crippen LogP contribution is 2.38. The molecule has 2 aromatic carbocycles. The Balaban J connectivity index is 0.000000166. The predicted molar refractivity (Wildman–Crippen MR) is 323 cm³/mol. The van der Waals surface area contributed by atoms with Gasteiger partial charge in [0.25, 0.3) is 11.8 Å². The SMILES string of the molecule is Cn1cc(Nc2nccc(-c3ccc4c(c3)CN([C@@H]3CCOC3)CC[C@H]4CC(=O)c3nnc(C(C)(C)C)o3)n2)cn1.Cn1cc(Nc2nccc(-c3ccc4c(c3)CNCC[C@H]4CC(=O)c3nnc(C(C)(C)C)o3)n2)cn1.O=S(=O)(O[C@H]1CCOC1)C(F)(F)F. The number of alkyl halides is 3. The van der Waals surface area contributed by atoms with E-state index in [1.165, 1.54) is 11.1 Å². The number of ketones is 2. The van der Waals surface area contributed by atoms with Crippen molar-refractivity contribution >= 4 is 45.0 Å². The first-order valence-electron chi connectivity index (χ1n) is 29.6. The predicted octanol–water partition coefficient (Wildman–Crippen LogP) is 9.45. The minimum atomic E-state index is -5.46. The molecule has 6 aromatic heterocycles. The Kier molecular flexibility index (Phi) is 19.8. The quantitative estimate of drug-likeness (QED) is 0.0489. The fraction of sp³-hybridized carbons (Fsp3) is 0.475. The lowest BCUT2D eigenvalue weighted by Crippen LogP contribution is -2.35. The third kappa shape index (κ3) is 16.4. The van der Waals surface area contributed by atoms with Crippen molar-refractivity contribution in [3.63, 3.8) is 0 Å². The first-order valence-corrected chi connectivity index (χ1v) is 31.0. The molecule has 0 radical (unpaired) electrons. The molecule has 10 heterocycles. The van der Waals surface area contributed by atoms with Gasteiger partial charge in [0.1, 0.15) is 6.10 Å². The van der Waals surface area contributed by atoms with Crippen LogP contribution in [0.2, 0.25) is 0 Å². The molecule has 0 bridgehead atoms. The minimum absolute atomic E-state index is 0.0389. The van der Waals surface area contributed by atoms with Gasteiger partial charge in [-0.1, -0.05) is 65.8 Å². The highest BCUT2D eigenvalue weighted by molar-refractivity contribution is 7.87. The van der Waals surface area contributed by atoms with E-state index in [0.29, 0.717) is 42.6 Å². The summed E-state index contributed by atoms with van der Waals surface area (Å²) >= 11 is 0. The molecule has 90 heavy (non-hydrogen) atoms. The van der Waals surface area contributed by atoms with Crippen LogP contribution in [0.3, 0.4) is 0 Å². The average Bonchev–Trinajstić information content (AvgIpc) is 1.91. The van der Waals surface area contributed by atoms with Crippen molar-refractivity contribution in [2.24, 2.45) is 14.1 Å². The van der Waals surface area contributed by atoms with Crippen molar-refractivity contribution in [3.05, 3.63) is 132 Å². The number of carbonyl (C=O) groups is 2. The van der Waals surface area contributed by atoms with Crippen LogP contribution in [-0.4, -0.2) is 142 Å². The molecule has 4 aliphatic rings. The van der Waals surface area contributed by atoms with Gasteiger partial charge in [-0.25, -0.2) is 19.9 Å². The molecule has 12 rings (SSSR count). The van der Waals surface area contributed by atoms with Gasteiger partial charge in [0, 0.05) is 112 Å². The lowest BCUT2D eigenvalue weighted by Gasteiger charge is -2.26. The van der Waals surface area contributed by atoms with E-state index in [1.54, 1.807) is 34.2 Å². The molecule has 8 aromatic rings. The smallest absolute Gasteiger partial charge is 0.418 e. The second kappa shape index (κ2) is 27.5. The number of nitrogens with one attached hydrogen (secondary N) is 3. The molecule has 0 saturated carbocycles. The van der Waals surface area contributed by atoms with Crippen LogP contribution in [0.1, 0.15) is 147 Å². The largest absolute Gasteiger partial charge is 0.523 e. The number of aryl methyl sites for hydroxylation is 2. The highest BCUT2D eigenvalue weighted by atomic mass is 32.2. The Morgan fingerprint density at radius 3 is 1.68 bits per heavy atom. The number of hydrogen-bond acceptors (Lipinski definition) is 23. The number of rotatable bonds is 15. The second-order valence-electron chi connectivity index (χ2n) is 24.6. The van der Waals surface area contributed by atoms with E-state index in [0.717, 1.165) is 104 Å². The van der Waals surface area contributed by atoms with E-state index < -0.39 is 21.7 Å². The van der Waals surface area contributed by atoms with Crippen molar-refractivity contribution in [2.45, 2.75) is 133 Å². The van der Waals surface area contributed by atoms with Gasteiger partial charge in [-0.2, -0.15) is 31.8 Å². The molecule has 29 heteroatoms. The Hall–Kier alpha value is -8.22. The van der Waals surface area contributed by atoms with Crippen LogP contribution < -0.4 is 16.0 Å². The molecule has 0 amide bonds. The Labute approximate surface area is 518 Å². The van der Waals surface area contributed by atoms with Gasteiger partial charge in [0.05, 0.1) is 48.4 Å². The zero-order chi connectivity index (χ0) is 64.0. The van der Waals surface area contributed by atoms with Gasteiger partial charge >= 0.3 is 15.6 Å². The second-order valence-corrected chi connectivity index (χ2v) is 26.2. The van der Waals surface area contributed by atoms with E-state index in [1.807, 2.05) is 80.2 Å². The summed E-state index contributed by atoms with van der Waals surface area (Å²) in [6, 6.07) is 17.0. The average molecular weight is 1260 g/mol. The van der Waals surface area contributed by atoms with Crippen LogP contribution in [0, 0.1) is 0 Å². The van der Waals surface area contributed by atoms with E-state index in [9.17, 15) is 31.2 Å². The summed E-state index contributed by atoms with van der Waals surface area (Å²) in [7, 11) is -1.74.